The van der Waals surface area contributed by atoms with Crippen LogP contribution in [0.2, 0.25) is 0 Å². The van der Waals surface area contributed by atoms with Crippen LogP contribution in [-0.4, -0.2) is 38.4 Å². The minimum absolute atomic E-state index is 0. The Morgan fingerprint density at radius 3 is 1.96 bits per heavy atom. The Morgan fingerprint density at radius 1 is 1.12 bits per heavy atom. The molecule has 0 aliphatic carbocycles. The number of hydrogen-bond donors (Lipinski definition) is 0. The summed E-state index contributed by atoms with van der Waals surface area (Å²) >= 11 is 0. The van der Waals surface area contributed by atoms with E-state index in [1.807, 2.05) is 20.8 Å². The third-order valence-corrected chi connectivity index (χ3v) is 3.94. The molecular formula is C21H50O5. The zero-order chi connectivity index (χ0) is 15.2. The van der Waals surface area contributed by atoms with Crippen LogP contribution in [0.3, 0.4) is 0 Å². The fourth-order valence-corrected chi connectivity index (χ4v) is 2.24. The van der Waals surface area contributed by atoms with E-state index in [0.717, 1.165) is 12.8 Å². The third kappa shape index (κ3) is 12.3. The normalized spacial score (nSPS) is 16.7. The van der Waals surface area contributed by atoms with Crippen LogP contribution in [0.1, 0.15) is 91.0 Å². The van der Waals surface area contributed by atoms with Gasteiger partial charge in [-0.05, 0) is 26.2 Å². The number of ether oxygens (including phenoxy) is 3. The molecule has 1 rings (SSSR count). The van der Waals surface area contributed by atoms with Crippen LogP contribution in [0.5, 0.6) is 0 Å². The van der Waals surface area contributed by atoms with Crippen LogP contribution in [0.25, 0.3) is 0 Å². The fourth-order valence-electron chi connectivity index (χ4n) is 2.24. The van der Waals surface area contributed by atoms with Crippen LogP contribution in [-0.2, 0) is 23.8 Å². The van der Waals surface area contributed by atoms with Gasteiger partial charge in [-0.1, -0.05) is 64.8 Å². The number of carbonyl (C=O) groups is 2. The molecule has 3 atom stereocenters. The molecule has 1 aliphatic rings. The van der Waals surface area contributed by atoms with Gasteiger partial charge in [0.05, 0.1) is 25.0 Å². The van der Waals surface area contributed by atoms with E-state index in [9.17, 15) is 9.59 Å². The number of methoxy groups -OCH3 is 1. The average molecular weight is 383 g/mol. The van der Waals surface area contributed by atoms with Crippen molar-refractivity contribution in [2.24, 2.45) is 11.3 Å². The van der Waals surface area contributed by atoms with E-state index in [2.05, 4.69) is 0 Å². The van der Waals surface area contributed by atoms with Crippen molar-refractivity contribution in [3.05, 3.63) is 0 Å². The molecule has 0 aromatic carbocycles. The predicted octanol–water partition coefficient (Wildman–Crippen LogP) is 6.14. The Bertz CT molecular complexity index is 339. The Balaban J connectivity index is -0.000000167. The Kier molecular flexibility index (Phi) is 28.6. The number of hydrogen-bond acceptors (Lipinski definition) is 5. The highest BCUT2D eigenvalue weighted by atomic mass is 16.6. The molecule has 0 aromatic heterocycles. The zero-order valence-corrected chi connectivity index (χ0v) is 12.9. The molecule has 5 nitrogen and oxygen atoms in total. The molecule has 0 spiro atoms. The summed E-state index contributed by atoms with van der Waals surface area (Å²) in [5.74, 6) is -0.745. The van der Waals surface area contributed by atoms with Gasteiger partial charge in [-0.25, -0.2) is 0 Å². The summed E-state index contributed by atoms with van der Waals surface area (Å²) in [5, 5.41) is 0. The monoisotopic (exact) mass is 382 g/mol. The SMILES string of the molecule is C.C.C.C.C.C.CCCC(CC(C)(CC)C(=O)OCC1CO1)C(=O)OC. The van der Waals surface area contributed by atoms with Gasteiger partial charge < -0.3 is 14.2 Å². The van der Waals surface area contributed by atoms with E-state index in [0.29, 0.717) is 26.1 Å². The fraction of sp³-hybridized carbons (Fsp3) is 0.905. The number of rotatable bonds is 9. The Morgan fingerprint density at radius 2 is 1.62 bits per heavy atom. The average Bonchev–Trinajstić information content (AvgIpc) is 3.27. The molecule has 26 heavy (non-hydrogen) atoms. The maximum atomic E-state index is 12.2. The molecule has 0 radical (unpaired) electrons. The summed E-state index contributed by atoms with van der Waals surface area (Å²) in [6.07, 6.45) is 2.77. The number of carbonyl (C=O) groups excluding carboxylic acids is 2. The second-order valence-corrected chi connectivity index (χ2v) is 5.68. The van der Waals surface area contributed by atoms with Crippen LogP contribution in [0, 0.1) is 11.3 Å². The van der Waals surface area contributed by atoms with Crippen molar-refractivity contribution in [1.29, 1.82) is 0 Å². The first kappa shape index (κ1) is 39.8. The lowest BCUT2D eigenvalue weighted by molar-refractivity contribution is -0.159. The third-order valence-electron chi connectivity index (χ3n) is 3.94. The van der Waals surface area contributed by atoms with Crippen molar-refractivity contribution in [2.45, 2.75) is 97.1 Å². The number of esters is 2. The summed E-state index contributed by atoms with van der Waals surface area (Å²) in [6.45, 7) is 6.79. The molecule has 0 amide bonds. The van der Waals surface area contributed by atoms with Gasteiger partial charge in [-0.2, -0.15) is 0 Å². The van der Waals surface area contributed by atoms with Gasteiger partial charge in [0.15, 0.2) is 0 Å². The quantitative estimate of drug-likeness (QED) is 0.354. The molecular weight excluding hydrogens is 332 g/mol. The molecule has 1 saturated heterocycles. The van der Waals surface area contributed by atoms with E-state index in [4.69, 9.17) is 14.2 Å². The van der Waals surface area contributed by atoms with Gasteiger partial charge in [0.2, 0.25) is 0 Å². The van der Waals surface area contributed by atoms with E-state index < -0.39 is 5.41 Å². The summed E-state index contributed by atoms with van der Waals surface area (Å²) in [4.78, 5) is 24.0. The van der Waals surface area contributed by atoms with Crippen LogP contribution >= 0.6 is 0 Å². The summed E-state index contributed by atoms with van der Waals surface area (Å²) < 4.78 is 15.2. The molecule has 164 valence electrons. The highest BCUT2D eigenvalue weighted by Gasteiger charge is 2.39. The second-order valence-electron chi connectivity index (χ2n) is 5.68. The molecule has 1 fully saturated rings. The lowest BCUT2D eigenvalue weighted by Gasteiger charge is -2.29. The molecule has 5 heteroatoms. The van der Waals surface area contributed by atoms with Gasteiger partial charge in [-0.15, -0.1) is 0 Å². The van der Waals surface area contributed by atoms with Crippen molar-refractivity contribution < 1.29 is 23.8 Å². The van der Waals surface area contributed by atoms with E-state index in [1.165, 1.54) is 7.11 Å². The molecule has 0 N–H and O–H groups in total. The molecule has 0 saturated carbocycles. The first-order valence-electron chi connectivity index (χ1n) is 7.33. The minimum Gasteiger partial charge on any atom is -0.469 e. The largest absolute Gasteiger partial charge is 0.469 e. The topological polar surface area (TPSA) is 65.1 Å². The molecule has 1 aliphatic heterocycles. The summed E-state index contributed by atoms with van der Waals surface area (Å²) in [6, 6.07) is 0. The van der Waals surface area contributed by atoms with Crippen LogP contribution < -0.4 is 0 Å². The van der Waals surface area contributed by atoms with E-state index in [-0.39, 0.29) is 68.5 Å². The van der Waals surface area contributed by atoms with Crippen molar-refractivity contribution in [2.75, 3.05) is 20.3 Å². The van der Waals surface area contributed by atoms with Gasteiger partial charge in [0, 0.05) is 0 Å². The van der Waals surface area contributed by atoms with Crippen molar-refractivity contribution in [1.82, 2.24) is 0 Å². The molecule has 0 aromatic rings. The van der Waals surface area contributed by atoms with Crippen molar-refractivity contribution in [3.63, 3.8) is 0 Å². The van der Waals surface area contributed by atoms with E-state index >= 15 is 0 Å². The lowest BCUT2D eigenvalue weighted by Crippen LogP contribution is -2.34. The van der Waals surface area contributed by atoms with Gasteiger partial charge >= 0.3 is 11.9 Å². The maximum absolute atomic E-state index is 12.2. The highest BCUT2D eigenvalue weighted by molar-refractivity contribution is 5.78. The summed E-state index contributed by atoms with van der Waals surface area (Å²) in [5.41, 5.74) is -0.650. The van der Waals surface area contributed by atoms with Gasteiger partial charge in [0.1, 0.15) is 12.7 Å². The van der Waals surface area contributed by atoms with Crippen LogP contribution in [0.4, 0.5) is 0 Å². The maximum Gasteiger partial charge on any atom is 0.311 e. The Labute approximate surface area is 165 Å². The van der Waals surface area contributed by atoms with Gasteiger partial charge in [-0.3, -0.25) is 9.59 Å². The first-order valence-corrected chi connectivity index (χ1v) is 7.33. The summed E-state index contributed by atoms with van der Waals surface area (Å²) in [7, 11) is 1.39. The second kappa shape index (κ2) is 18.7. The first-order chi connectivity index (χ1) is 9.46. The molecule has 0 bridgehead atoms. The standard InChI is InChI=1S/C15H26O5.6CH4/c1-5-7-11(13(16)18-4)8-15(3,6-2)14(17)20-10-12-9-19-12;;;;;;/h11-12H,5-10H2,1-4H3;6*1H4. The zero-order valence-electron chi connectivity index (χ0n) is 12.9. The highest BCUT2D eigenvalue weighted by Crippen LogP contribution is 2.34. The minimum atomic E-state index is -0.650. The molecule has 1 heterocycles. The lowest BCUT2D eigenvalue weighted by atomic mass is 9.77. The molecule has 3 unspecified atom stereocenters. The van der Waals surface area contributed by atoms with Crippen molar-refractivity contribution in [3.8, 4) is 0 Å². The smallest absolute Gasteiger partial charge is 0.311 e. The van der Waals surface area contributed by atoms with E-state index in [1.54, 1.807) is 0 Å². The van der Waals surface area contributed by atoms with Crippen molar-refractivity contribution >= 4 is 11.9 Å². The van der Waals surface area contributed by atoms with Gasteiger partial charge in [0.25, 0.3) is 0 Å². The van der Waals surface area contributed by atoms with Crippen LogP contribution in [0.15, 0.2) is 0 Å². The Hall–Kier alpha value is -1.10. The number of epoxide rings is 1. The predicted molar refractivity (Wildman–Crippen MR) is 115 cm³/mol.